The molecule has 0 fully saturated rings. The summed E-state index contributed by atoms with van der Waals surface area (Å²) in [4.78, 5) is 12.4. The third-order valence-corrected chi connectivity index (χ3v) is 1.94. The van der Waals surface area contributed by atoms with Crippen molar-refractivity contribution in [2.75, 3.05) is 13.2 Å². The maximum atomic E-state index is 10.5. The molecule has 0 heterocycles. The summed E-state index contributed by atoms with van der Waals surface area (Å²) in [5, 5.41) is 13.7. The van der Waals surface area contributed by atoms with E-state index in [1.807, 2.05) is 0 Å². The van der Waals surface area contributed by atoms with Crippen LogP contribution in [0.15, 0.2) is 23.3 Å². The largest absolute Gasteiger partial charge is 0.493 e. The summed E-state index contributed by atoms with van der Waals surface area (Å²) in [6, 6.07) is 4.03. The Morgan fingerprint density at radius 3 is 2.94 bits per heavy atom. The van der Waals surface area contributed by atoms with E-state index in [1.165, 1.54) is 18.2 Å². The van der Waals surface area contributed by atoms with Gasteiger partial charge in [-0.1, -0.05) is 16.7 Å². The molecule has 0 unspecified atom stereocenters. The lowest BCUT2D eigenvalue weighted by molar-refractivity contribution is -0.384. The molecule has 16 heavy (non-hydrogen) atoms. The van der Waals surface area contributed by atoms with Crippen LogP contribution in [0.4, 0.5) is 5.69 Å². The molecule has 0 bridgehead atoms. The van der Waals surface area contributed by atoms with Gasteiger partial charge in [0.2, 0.25) is 0 Å². The molecule has 0 saturated heterocycles. The minimum atomic E-state index is -0.577. The highest BCUT2D eigenvalue weighted by Crippen LogP contribution is 2.28. The van der Waals surface area contributed by atoms with Crippen LogP contribution in [0.25, 0.3) is 10.4 Å². The lowest BCUT2D eigenvalue weighted by Gasteiger charge is -2.04. The van der Waals surface area contributed by atoms with Crippen LogP contribution in [0.1, 0.15) is 0 Å². The van der Waals surface area contributed by atoms with Crippen LogP contribution in [-0.4, -0.2) is 18.1 Å². The molecule has 0 N–H and O–H groups in total. The molecular formula is C8H7ClN4O3. The molecule has 0 atom stereocenters. The van der Waals surface area contributed by atoms with Crippen molar-refractivity contribution < 1.29 is 9.66 Å². The van der Waals surface area contributed by atoms with Crippen LogP contribution in [0.5, 0.6) is 5.75 Å². The first-order valence-corrected chi connectivity index (χ1v) is 4.60. The summed E-state index contributed by atoms with van der Waals surface area (Å²) in [5.74, 6) is 0.392. The Morgan fingerprint density at radius 1 is 1.62 bits per heavy atom. The van der Waals surface area contributed by atoms with E-state index in [0.29, 0.717) is 5.75 Å². The first-order chi connectivity index (χ1) is 7.65. The molecule has 0 amide bonds. The van der Waals surface area contributed by atoms with Crippen LogP contribution >= 0.6 is 11.6 Å². The molecule has 84 valence electrons. The number of nitro benzene ring substituents is 1. The minimum Gasteiger partial charge on any atom is -0.493 e. The molecule has 1 aromatic rings. The standard InChI is InChI=1S/C8H7ClN4O3/c9-7-5-6(16-4-3-11-12-10)1-2-8(7)13(14)15/h1-2,5H,3-4H2. The van der Waals surface area contributed by atoms with E-state index in [2.05, 4.69) is 10.0 Å². The Morgan fingerprint density at radius 2 is 2.38 bits per heavy atom. The van der Waals surface area contributed by atoms with Crippen LogP contribution in [0.3, 0.4) is 0 Å². The van der Waals surface area contributed by atoms with Gasteiger partial charge in [0.05, 0.1) is 18.1 Å². The lowest BCUT2D eigenvalue weighted by atomic mass is 10.3. The molecule has 0 spiro atoms. The molecule has 8 heteroatoms. The van der Waals surface area contributed by atoms with Gasteiger partial charge in [-0.25, -0.2) is 0 Å². The van der Waals surface area contributed by atoms with Crippen LogP contribution < -0.4 is 4.74 Å². The van der Waals surface area contributed by atoms with Gasteiger partial charge < -0.3 is 4.74 Å². The predicted molar refractivity (Wildman–Crippen MR) is 57.6 cm³/mol. The minimum absolute atomic E-state index is 0.00582. The third kappa shape index (κ3) is 3.30. The van der Waals surface area contributed by atoms with Crippen molar-refractivity contribution in [3.05, 3.63) is 43.8 Å². The van der Waals surface area contributed by atoms with E-state index in [-0.39, 0.29) is 23.9 Å². The highest BCUT2D eigenvalue weighted by atomic mass is 35.5. The van der Waals surface area contributed by atoms with Crippen molar-refractivity contribution in [1.29, 1.82) is 0 Å². The number of rotatable bonds is 5. The summed E-state index contributed by atoms with van der Waals surface area (Å²) >= 11 is 5.66. The van der Waals surface area contributed by atoms with E-state index in [9.17, 15) is 10.1 Å². The second kappa shape index (κ2) is 5.79. The van der Waals surface area contributed by atoms with E-state index in [0.717, 1.165) is 0 Å². The Labute approximate surface area is 95.4 Å². The average Bonchev–Trinajstić information content (AvgIpc) is 2.24. The Bertz CT molecular complexity index is 445. The summed E-state index contributed by atoms with van der Waals surface area (Å²) in [5.41, 5.74) is 7.83. The number of hydrogen-bond donors (Lipinski definition) is 0. The number of halogens is 1. The summed E-state index contributed by atoms with van der Waals surface area (Å²) < 4.78 is 5.15. The van der Waals surface area contributed by atoms with Crippen molar-refractivity contribution in [2.24, 2.45) is 5.11 Å². The SMILES string of the molecule is [N-]=[N+]=NCCOc1ccc([N+](=O)[O-])c(Cl)c1. The second-order valence-electron chi connectivity index (χ2n) is 2.67. The molecule has 1 aromatic carbocycles. The van der Waals surface area contributed by atoms with Gasteiger partial charge in [-0.3, -0.25) is 10.1 Å². The van der Waals surface area contributed by atoms with Crippen molar-refractivity contribution >= 4 is 17.3 Å². The third-order valence-electron chi connectivity index (χ3n) is 1.64. The first-order valence-electron chi connectivity index (χ1n) is 4.22. The van der Waals surface area contributed by atoms with E-state index < -0.39 is 4.92 Å². The Hall–Kier alpha value is -1.98. The molecular weight excluding hydrogens is 236 g/mol. The van der Waals surface area contributed by atoms with Crippen LogP contribution in [-0.2, 0) is 0 Å². The molecule has 0 radical (unpaired) electrons. The van der Waals surface area contributed by atoms with Gasteiger partial charge in [-0.15, -0.1) is 0 Å². The highest BCUT2D eigenvalue weighted by Gasteiger charge is 2.12. The van der Waals surface area contributed by atoms with Gasteiger partial charge >= 0.3 is 0 Å². The van der Waals surface area contributed by atoms with Gasteiger partial charge in [0.25, 0.3) is 5.69 Å². The zero-order valence-electron chi connectivity index (χ0n) is 8.04. The molecule has 0 aliphatic heterocycles. The molecule has 7 nitrogen and oxygen atoms in total. The number of benzene rings is 1. The topological polar surface area (TPSA) is 101 Å². The first kappa shape index (κ1) is 12.1. The number of nitrogens with zero attached hydrogens (tertiary/aromatic N) is 4. The normalized spacial score (nSPS) is 9.31. The van der Waals surface area contributed by atoms with E-state index >= 15 is 0 Å². The molecule has 0 aliphatic rings. The molecule has 1 rings (SSSR count). The fraction of sp³-hybridized carbons (Fsp3) is 0.250. The fourth-order valence-electron chi connectivity index (χ4n) is 0.975. The monoisotopic (exact) mass is 242 g/mol. The van der Waals surface area contributed by atoms with Gasteiger partial charge in [-0.05, 0) is 11.6 Å². The molecule has 0 aromatic heterocycles. The van der Waals surface area contributed by atoms with Crippen molar-refractivity contribution in [2.45, 2.75) is 0 Å². The number of hydrogen-bond acceptors (Lipinski definition) is 4. The molecule has 0 aliphatic carbocycles. The smallest absolute Gasteiger partial charge is 0.288 e. The predicted octanol–water partition coefficient (Wildman–Crippen LogP) is 2.94. The van der Waals surface area contributed by atoms with Gasteiger partial charge in [0, 0.05) is 17.0 Å². The summed E-state index contributed by atoms with van der Waals surface area (Å²) in [7, 11) is 0. The van der Waals surface area contributed by atoms with Crippen LogP contribution in [0.2, 0.25) is 5.02 Å². The lowest BCUT2D eigenvalue weighted by Crippen LogP contribution is -2.00. The summed E-state index contributed by atoms with van der Waals surface area (Å²) in [6.45, 7) is 0.378. The number of nitro groups is 1. The maximum absolute atomic E-state index is 10.5. The van der Waals surface area contributed by atoms with Crippen LogP contribution in [0, 0.1) is 10.1 Å². The zero-order valence-corrected chi connectivity index (χ0v) is 8.79. The van der Waals surface area contributed by atoms with E-state index in [4.69, 9.17) is 21.9 Å². The number of azide groups is 1. The van der Waals surface area contributed by atoms with Gasteiger partial charge in [-0.2, -0.15) is 0 Å². The second-order valence-corrected chi connectivity index (χ2v) is 3.08. The highest BCUT2D eigenvalue weighted by molar-refractivity contribution is 6.32. The Balaban J connectivity index is 2.66. The van der Waals surface area contributed by atoms with Crippen molar-refractivity contribution in [3.63, 3.8) is 0 Å². The van der Waals surface area contributed by atoms with Gasteiger partial charge in [0.15, 0.2) is 0 Å². The van der Waals surface area contributed by atoms with Crippen molar-refractivity contribution in [3.8, 4) is 5.75 Å². The molecule has 0 saturated carbocycles. The number of ether oxygens (including phenoxy) is 1. The van der Waals surface area contributed by atoms with E-state index in [1.54, 1.807) is 0 Å². The quantitative estimate of drug-likeness (QED) is 0.198. The fourth-order valence-corrected chi connectivity index (χ4v) is 1.21. The average molecular weight is 243 g/mol. The zero-order chi connectivity index (χ0) is 12.0. The summed E-state index contributed by atoms with van der Waals surface area (Å²) in [6.07, 6.45) is 0. The van der Waals surface area contributed by atoms with Gasteiger partial charge in [0.1, 0.15) is 10.8 Å². The Kier molecular flexibility index (Phi) is 4.38. The maximum Gasteiger partial charge on any atom is 0.288 e. The van der Waals surface area contributed by atoms with Crippen molar-refractivity contribution in [1.82, 2.24) is 0 Å².